The standard InChI is InChI=1S/C30H58O13/c1-29(2,3)42-27(31)7-9-33-11-13-35-15-17-37-19-21-39-23-25-41-26-24-40-22-20-38-18-16-36-14-12-34-10-8-28(32)43-30(4,5)6/h7-26H2,1-6H3. The normalized spacial score (nSPS) is 12.0. The zero-order valence-electron chi connectivity index (χ0n) is 27.4. The molecule has 13 nitrogen and oxygen atoms in total. The second-order valence-corrected chi connectivity index (χ2v) is 11.2. The molecule has 0 bridgehead atoms. The van der Waals surface area contributed by atoms with E-state index >= 15 is 0 Å². The van der Waals surface area contributed by atoms with E-state index in [1.54, 1.807) is 0 Å². The Morgan fingerprint density at radius 1 is 0.326 bits per heavy atom. The zero-order valence-corrected chi connectivity index (χ0v) is 27.4. The van der Waals surface area contributed by atoms with Gasteiger partial charge in [0.2, 0.25) is 0 Å². The molecule has 0 aliphatic heterocycles. The monoisotopic (exact) mass is 626 g/mol. The van der Waals surface area contributed by atoms with Crippen LogP contribution in [0, 0.1) is 0 Å². The summed E-state index contributed by atoms with van der Waals surface area (Å²) in [4.78, 5) is 23.1. The Labute approximate surface area is 258 Å². The van der Waals surface area contributed by atoms with Gasteiger partial charge in [0.1, 0.15) is 11.2 Å². The largest absolute Gasteiger partial charge is 0.460 e. The molecule has 0 N–H and O–H groups in total. The van der Waals surface area contributed by atoms with E-state index in [1.807, 2.05) is 41.5 Å². The van der Waals surface area contributed by atoms with Gasteiger partial charge < -0.3 is 52.1 Å². The minimum absolute atomic E-state index is 0.229. The predicted octanol–water partition coefficient (Wildman–Crippen LogP) is 2.60. The molecule has 0 unspecified atom stereocenters. The lowest BCUT2D eigenvalue weighted by Gasteiger charge is -2.19. The zero-order chi connectivity index (χ0) is 32.1. The number of ether oxygens (including phenoxy) is 11. The van der Waals surface area contributed by atoms with Crippen LogP contribution in [0.3, 0.4) is 0 Å². The first-order valence-electron chi connectivity index (χ1n) is 15.1. The Morgan fingerprint density at radius 3 is 0.651 bits per heavy atom. The quantitative estimate of drug-likeness (QED) is 0.0854. The Kier molecular flexibility index (Phi) is 27.2. The summed E-state index contributed by atoms with van der Waals surface area (Å²) in [6.07, 6.45) is 0.459. The molecule has 0 fully saturated rings. The van der Waals surface area contributed by atoms with Crippen molar-refractivity contribution in [2.45, 2.75) is 65.6 Å². The van der Waals surface area contributed by atoms with Gasteiger partial charge in [0.15, 0.2) is 0 Å². The first-order valence-corrected chi connectivity index (χ1v) is 15.1. The third kappa shape index (κ3) is 36.7. The van der Waals surface area contributed by atoms with Crippen molar-refractivity contribution >= 4 is 11.9 Å². The van der Waals surface area contributed by atoms with Crippen molar-refractivity contribution in [3.05, 3.63) is 0 Å². The van der Waals surface area contributed by atoms with Gasteiger partial charge in [-0.05, 0) is 41.5 Å². The molecule has 0 heterocycles. The molecule has 0 aliphatic rings. The summed E-state index contributed by atoms with van der Waals surface area (Å²) in [5.74, 6) is -0.535. The molecule has 0 saturated carbocycles. The van der Waals surface area contributed by atoms with E-state index in [-0.39, 0.29) is 24.8 Å². The van der Waals surface area contributed by atoms with E-state index in [9.17, 15) is 9.59 Å². The topological polar surface area (TPSA) is 136 Å². The van der Waals surface area contributed by atoms with Gasteiger partial charge in [0, 0.05) is 0 Å². The van der Waals surface area contributed by atoms with Crippen molar-refractivity contribution in [2.75, 3.05) is 119 Å². The van der Waals surface area contributed by atoms with Gasteiger partial charge in [0.05, 0.1) is 132 Å². The van der Waals surface area contributed by atoms with Gasteiger partial charge in [-0.2, -0.15) is 0 Å². The Hall–Kier alpha value is -1.42. The number of hydrogen-bond acceptors (Lipinski definition) is 13. The third-order valence-corrected chi connectivity index (χ3v) is 4.72. The summed E-state index contributed by atoms with van der Waals surface area (Å²) in [6, 6.07) is 0. The van der Waals surface area contributed by atoms with E-state index in [2.05, 4.69) is 0 Å². The fourth-order valence-electron chi connectivity index (χ4n) is 2.96. The summed E-state index contributed by atoms with van der Waals surface area (Å²) in [5.41, 5.74) is -0.950. The predicted molar refractivity (Wildman–Crippen MR) is 158 cm³/mol. The second kappa shape index (κ2) is 28.1. The molecule has 256 valence electrons. The highest BCUT2D eigenvalue weighted by molar-refractivity contribution is 5.70. The molecule has 0 aromatic carbocycles. The summed E-state index contributed by atoms with van der Waals surface area (Å²) in [6.45, 7) is 19.1. The van der Waals surface area contributed by atoms with Crippen LogP contribution in [0.2, 0.25) is 0 Å². The maximum atomic E-state index is 11.5. The van der Waals surface area contributed by atoms with E-state index in [4.69, 9.17) is 52.1 Å². The van der Waals surface area contributed by atoms with Crippen molar-refractivity contribution in [3.63, 3.8) is 0 Å². The van der Waals surface area contributed by atoms with Crippen molar-refractivity contribution in [1.29, 1.82) is 0 Å². The Balaban J connectivity index is 3.16. The molecule has 0 aromatic heterocycles. The van der Waals surface area contributed by atoms with Crippen LogP contribution >= 0.6 is 0 Å². The molecular formula is C30H58O13. The molecule has 0 saturated heterocycles. The number of rotatable bonds is 30. The lowest BCUT2D eigenvalue weighted by molar-refractivity contribution is -0.157. The van der Waals surface area contributed by atoms with Crippen LogP contribution < -0.4 is 0 Å². The number of hydrogen-bond donors (Lipinski definition) is 0. The molecule has 0 aliphatic carbocycles. The smallest absolute Gasteiger partial charge is 0.308 e. The van der Waals surface area contributed by atoms with Crippen molar-refractivity contribution < 1.29 is 61.7 Å². The lowest BCUT2D eigenvalue weighted by Crippen LogP contribution is -2.24. The average Bonchev–Trinajstić information content (AvgIpc) is 2.90. The maximum Gasteiger partial charge on any atom is 0.308 e. The maximum absolute atomic E-state index is 11.5. The van der Waals surface area contributed by atoms with Gasteiger partial charge in [-0.25, -0.2) is 0 Å². The number of esters is 2. The van der Waals surface area contributed by atoms with Gasteiger partial charge in [-0.3, -0.25) is 9.59 Å². The molecule has 0 rings (SSSR count). The molecule has 43 heavy (non-hydrogen) atoms. The van der Waals surface area contributed by atoms with Crippen molar-refractivity contribution in [3.8, 4) is 0 Å². The van der Waals surface area contributed by atoms with Crippen molar-refractivity contribution in [2.24, 2.45) is 0 Å². The van der Waals surface area contributed by atoms with Crippen LogP contribution in [0.15, 0.2) is 0 Å². The molecule has 0 amide bonds. The fraction of sp³-hybridized carbons (Fsp3) is 0.933. The molecular weight excluding hydrogens is 568 g/mol. The molecule has 0 atom stereocenters. The van der Waals surface area contributed by atoms with Crippen LogP contribution in [0.1, 0.15) is 54.4 Å². The number of carbonyl (C=O) groups is 2. The first-order chi connectivity index (χ1) is 20.5. The first kappa shape index (κ1) is 41.6. The highest BCUT2D eigenvalue weighted by Gasteiger charge is 2.16. The summed E-state index contributed by atoms with van der Waals surface area (Å²) in [5, 5.41) is 0. The van der Waals surface area contributed by atoms with Gasteiger partial charge >= 0.3 is 11.9 Å². The molecule has 0 spiro atoms. The second-order valence-electron chi connectivity index (χ2n) is 11.2. The van der Waals surface area contributed by atoms with Crippen LogP contribution in [0.5, 0.6) is 0 Å². The van der Waals surface area contributed by atoms with E-state index in [1.165, 1.54) is 0 Å². The van der Waals surface area contributed by atoms with Gasteiger partial charge in [0.25, 0.3) is 0 Å². The average molecular weight is 627 g/mol. The summed E-state index contributed by atoms with van der Waals surface area (Å²) >= 11 is 0. The minimum Gasteiger partial charge on any atom is -0.460 e. The SMILES string of the molecule is CC(C)(C)OC(=O)CCOCCOCCOCCOCCOCCOCCOCCOCCOCCC(=O)OC(C)(C)C. The van der Waals surface area contributed by atoms with Crippen molar-refractivity contribution in [1.82, 2.24) is 0 Å². The molecule has 0 radical (unpaired) electrons. The Morgan fingerprint density at radius 2 is 0.488 bits per heavy atom. The highest BCUT2D eigenvalue weighted by atomic mass is 16.6. The van der Waals surface area contributed by atoms with Gasteiger partial charge in [-0.15, -0.1) is 0 Å². The Bertz CT molecular complexity index is 593. The van der Waals surface area contributed by atoms with Gasteiger partial charge in [-0.1, -0.05) is 0 Å². The fourth-order valence-corrected chi connectivity index (χ4v) is 2.96. The van der Waals surface area contributed by atoms with Crippen LogP contribution in [0.25, 0.3) is 0 Å². The third-order valence-electron chi connectivity index (χ3n) is 4.72. The lowest BCUT2D eigenvalue weighted by atomic mass is 10.2. The summed E-state index contributed by atoms with van der Waals surface area (Å²) in [7, 11) is 0. The minimum atomic E-state index is -0.475. The summed E-state index contributed by atoms with van der Waals surface area (Å²) < 4.78 is 59.2. The van der Waals surface area contributed by atoms with E-state index in [0.717, 1.165) is 0 Å². The molecule has 0 aromatic rings. The van der Waals surface area contributed by atoms with E-state index in [0.29, 0.717) is 119 Å². The van der Waals surface area contributed by atoms with E-state index < -0.39 is 11.2 Å². The molecule has 13 heteroatoms. The number of carbonyl (C=O) groups excluding carboxylic acids is 2. The van der Waals surface area contributed by atoms with Crippen LogP contribution in [-0.4, -0.2) is 142 Å². The van der Waals surface area contributed by atoms with Crippen LogP contribution in [-0.2, 0) is 61.7 Å². The highest BCUT2D eigenvalue weighted by Crippen LogP contribution is 2.08. The van der Waals surface area contributed by atoms with Crippen LogP contribution in [0.4, 0.5) is 0 Å².